The summed E-state index contributed by atoms with van der Waals surface area (Å²) in [6, 6.07) is 13.5. The van der Waals surface area contributed by atoms with Gasteiger partial charge in [0, 0.05) is 42.9 Å². The molecule has 1 aromatic heterocycles. The molecule has 1 saturated heterocycles. The fourth-order valence-electron chi connectivity index (χ4n) is 4.50. The number of fused-ring (bicyclic) bond motifs is 1. The number of sulfonamides is 1. The van der Waals surface area contributed by atoms with Gasteiger partial charge in [-0.1, -0.05) is 12.5 Å². The van der Waals surface area contributed by atoms with Crippen LogP contribution in [0.3, 0.4) is 0 Å². The number of carbonyl (C=O) groups excluding carboxylic acids is 1. The van der Waals surface area contributed by atoms with E-state index in [-0.39, 0.29) is 29.0 Å². The normalized spacial score (nSPS) is 18.1. The first-order valence-corrected chi connectivity index (χ1v) is 13.5. The third-order valence-electron chi connectivity index (χ3n) is 6.44. The summed E-state index contributed by atoms with van der Waals surface area (Å²) in [7, 11) is -3.74. The number of amides is 1. The molecule has 1 fully saturated rings. The minimum absolute atomic E-state index is 0.0472. The van der Waals surface area contributed by atoms with Crippen LogP contribution in [0.1, 0.15) is 48.3 Å². The second kappa shape index (κ2) is 10.3. The molecule has 2 aliphatic rings. The number of hydrogen-bond acceptors (Lipinski definition) is 6. The van der Waals surface area contributed by atoms with E-state index < -0.39 is 10.0 Å². The third-order valence-corrected chi connectivity index (χ3v) is 7.86. The van der Waals surface area contributed by atoms with Gasteiger partial charge in [-0.3, -0.25) is 4.79 Å². The van der Waals surface area contributed by atoms with Crippen molar-refractivity contribution in [3.8, 4) is 11.4 Å². The molecule has 0 saturated carbocycles. The first-order chi connectivity index (χ1) is 17.0. The van der Waals surface area contributed by atoms with Crippen LogP contribution in [0.15, 0.2) is 53.4 Å². The Morgan fingerprint density at radius 1 is 1.06 bits per heavy atom. The lowest BCUT2D eigenvalue weighted by Gasteiger charge is -2.12. The van der Waals surface area contributed by atoms with Crippen LogP contribution < -0.4 is 10.0 Å². The van der Waals surface area contributed by atoms with Crippen LogP contribution in [0.5, 0.6) is 0 Å². The van der Waals surface area contributed by atoms with Gasteiger partial charge in [-0.05, 0) is 68.1 Å². The number of ether oxygens (including phenoxy) is 1. The summed E-state index contributed by atoms with van der Waals surface area (Å²) in [5.74, 6) is 1.48. The van der Waals surface area contributed by atoms with Gasteiger partial charge in [-0.2, -0.15) is 0 Å². The van der Waals surface area contributed by atoms with E-state index in [4.69, 9.17) is 4.74 Å². The van der Waals surface area contributed by atoms with Crippen LogP contribution in [0.4, 0.5) is 5.69 Å². The first kappa shape index (κ1) is 23.7. The molecule has 1 amide bonds. The number of benzene rings is 2. The summed E-state index contributed by atoms with van der Waals surface area (Å²) < 4.78 is 35.6. The third kappa shape index (κ3) is 5.44. The maximum absolute atomic E-state index is 12.8. The summed E-state index contributed by atoms with van der Waals surface area (Å²) in [4.78, 5) is 12.9. The zero-order valence-corrected chi connectivity index (χ0v) is 20.3. The number of rotatable bonds is 7. The molecular formula is C25H29N5O4S. The Labute approximate surface area is 205 Å². The highest BCUT2D eigenvalue weighted by Crippen LogP contribution is 2.24. The lowest BCUT2D eigenvalue weighted by molar-refractivity contribution is 0.102. The molecule has 0 radical (unpaired) electrons. The van der Waals surface area contributed by atoms with Crippen LogP contribution in [0.2, 0.25) is 0 Å². The van der Waals surface area contributed by atoms with E-state index in [2.05, 4.69) is 24.8 Å². The minimum Gasteiger partial charge on any atom is -0.377 e. The summed E-state index contributed by atoms with van der Waals surface area (Å²) in [5.41, 5.74) is 1.81. The van der Waals surface area contributed by atoms with Crippen LogP contribution in [-0.4, -0.2) is 48.3 Å². The zero-order valence-electron chi connectivity index (χ0n) is 19.4. The second-order valence-electron chi connectivity index (χ2n) is 8.95. The van der Waals surface area contributed by atoms with E-state index >= 15 is 0 Å². The molecule has 0 bridgehead atoms. The summed E-state index contributed by atoms with van der Waals surface area (Å²) in [6.45, 7) is 1.79. The van der Waals surface area contributed by atoms with E-state index in [9.17, 15) is 13.2 Å². The van der Waals surface area contributed by atoms with E-state index in [1.54, 1.807) is 12.1 Å². The van der Waals surface area contributed by atoms with Crippen molar-refractivity contribution in [3.63, 3.8) is 0 Å². The van der Waals surface area contributed by atoms with Crippen molar-refractivity contribution in [2.75, 3.05) is 18.5 Å². The number of aryl methyl sites for hydroxylation is 1. The second-order valence-corrected chi connectivity index (χ2v) is 10.7. The van der Waals surface area contributed by atoms with Gasteiger partial charge in [0.05, 0.1) is 11.0 Å². The van der Waals surface area contributed by atoms with E-state index in [0.717, 1.165) is 55.9 Å². The molecular weight excluding hydrogens is 466 g/mol. The monoisotopic (exact) mass is 495 g/mol. The Balaban J connectivity index is 1.26. The number of anilines is 1. The average molecular weight is 496 g/mol. The Bertz CT molecular complexity index is 1300. The molecule has 3 aromatic rings. The fraction of sp³-hybridized carbons (Fsp3) is 0.400. The smallest absolute Gasteiger partial charge is 0.255 e. The van der Waals surface area contributed by atoms with Gasteiger partial charge in [0.15, 0.2) is 5.82 Å². The number of nitrogens with zero attached hydrogens (tertiary/aromatic N) is 3. The molecule has 2 N–H and O–H groups in total. The van der Waals surface area contributed by atoms with Crippen LogP contribution in [-0.2, 0) is 27.7 Å². The zero-order chi connectivity index (χ0) is 24.3. The Morgan fingerprint density at radius 3 is 2.71 bits per heavy atom. The number of hydrogen-bond donors (Lipinski definition) is 2. The van der Waals surface area contributed by atoms with Crippen molar-refractivity contribution in [2.24, 2.45) is 0 Å². The Hall–Kier alpha value is -3.08. The molecule has 0 unspecified atom stereocenters. The lowest BCUT2D eigenvalue weighted by Crippen LogP contribution is -2.32. The molecule has 0 spiro atoms. The van der Waals surface area contributed by atoms with Crippen molar-refractivity contribution in [3.05, 3.63) is 59.9 Å². The molecule has 9 nitrogen and oxygen atoms in total. The standard InChI is InChI=1S/C25H29N5O4S/c31-25(19-6-4-8-22(16-19)35(32,33)26-17-21-7-5-15-34-21)27-20-12-10-18(11-13-20)24-29-28-23-9-2-1-3-14-30(23)24/h4,6,8,10-13,16,21,26H,1-3,5,7,9,14-15,17H2,(H,27,31)/t21-/m0/s1. The van der Waals surface area contributed by atoms with Gasteiger partial charge < -0.3 is 14.6 Å². The molecule has 10 heteroatoms. The fourth-order valence-corrected chi connectivity index (χ4v) is 5.61. The van der Waals surface area contributed by atoms with Gasteiger partial charge in [-0.15, -0.1) is 10.2 Å². The number of nitrogens with one attached hydrogen (secondary N) is 2. The molecule has 5 rings (SSSR count). The van der Waals surface area contributed by atoms with E-state index in [1.165, 1.54) is 18.6 Å². The molecule has 3 heterocycles. The van der Waals surface area contributed by atoms with Crippen LogP contribution >= 0.6 is 0 Å². The maximum atomic E-state index is 12.8. The topological polar surface area (TPSA) is 115 Å². The van der Waals surface area contributed by atoms with Gasteiger partial charge in [0.1, 0.15) is 5.82 Å². The van der Waals surface area contributed by atoms with Crippen molar-refractivity contribution >= 4 is 21.6 Å². The SMILES string of the molecule is O=C(Nc1ccc(-c2nnc3n2CCCCC3)cc1)c1cccc(S(=O)(=O)NC[C@@H]2CCCO2)c1. The molecule has 2 aliphatic heterocycles. The first-order valence-electron chi connectivity index (χ1n) is 12.0. The van der Waals surface area contributed by atoms with Gasteiger partial charge >= 0.3 is 0 Å². The van der Waals surface area contributed by atoms with Crippen molar-refractivity contribution < 1.29 is 17.9 Å². The van der Waals surface area contributed by atoms with Crippen molar-refractivity contribution in [1.82, 2.24) is 19.5 Å². The summed E-state index contributed by atoms with van der Waals surface area (Å²) in [5, 5.41) is 11.6. The quantitative estimate of drug-likeness (QED) is 0.519. The lowest BCUT2D eigenvalue weighted by atomic mass is 10.1. The largest absolute Gasteiger partial charge is 0.377 e. The van der Waals surface area contributed by atoms with Gasteiger partial charge in [-0.25, -0.2) is 13.1 Å². The summed E-state index contributed by atoms with van der Waals surface area (Å²) >= 11 is 0. The highest BCUT2D eigenvalue weighted by molar-refractivity contribution is 7.89. The van der Waals surface area contributed by atoms with Crippen LogP contribution in [0, 0.1) is 0 Å². The maximum Gasteiger partial charge on any atom is 0.255 e. The van der Waals surface area contributed by atoms with Gasteiger partial charge in [0.25, 0.3) is 5.91 Å². The molecule has 0 aliphatic carbocycles. The number of carbonyl (C=O) groups is 1. The molecule has 184 valence electrons. The minimum atomic E-state index is -3.74. The average Bonchev–Trinajstić information content (AvgIpc) is 3.48. The van der Waals surface area contributed by atoms with Crippen molar-refractivity contribution in [1.29, 1.82) is 0 Å². The highest BCUT2D eigenvalue weighted by Gasteiger charge is 2.21. The van der Waals surface area contributed by atoms with E-state index in [0.29, 0.717) is 12.3 Å². The van der Waals surface area contributed by atoms with E-state index in [1.807, 2.05) is 24.3 Å². The van der Waals surface area contributed by atoms with Gasteiger partial charge in [0.2, 0.25) is 10.0 Å². The summed E-state index contributed by atoms with van der Waals surface area (Å²) in [6.07, 6.45) is 6.06. The van der Waals surface area contributed by atoms with Crippen LogP contribution in [0.25, 0.3) is 11.4 Å². The highest BCUT2D eigenvalue weighted by atomic mass is 32.2. The number of aromatic nitrogens is 3. The van der Waals surface area contributed by atoms with Crippen molar-refractivity contribution in [2.45, 2.75) is 56.1 Å². The molecule has 1 atom stereocenters. The molecule has 2 aromatic carbocycles. The molecule has 35 heavy (non-hydrogen) atoms. The Kier molecular flexibility index (Phi) is 6.94. The predicted octanol–water partition coefficient (Wildman–Crippen LogP) is 3.38. The predicted molar refractivity (Wildman–Crippen MR) is 132 cm³/mol. The Morgan fingerprint density at radius 2 is 1.91 bits per heavy atom.